The van der Waals surface area contributed by atoms with Crippen LogP contribution in [0, 0.1) is 0 Å². The maximum atomic E-state index is 11.6. The molecule has 0 aliphatic carbocycles. The van der Waals surface area contributed by atoms with Crippen LogP contribution in [0.4, 0.5) is 5.13 Å². The van der Waals surface area contributed by atoms with E-state index in [-0.39, 0.29) is 11.8 Å². The van der Waals surface area contributed by atoms with Crippen molar-refractivity contribution in [3.05, 3.63) is 10.6 Å². The summed E-state index contributed by atoms with van der Waals surface area (Å²) in [5.74, 6) is 0.562. The molecule has 7 heteroatoms. The molecule has 1 saturated heterocycles. The first-order valence-corrected chi connectivity index (χ1v) is 9.67. The maximum absolute atomic E-state index is 11.6. The van der Waals surface area contributed by atoms with E-state index in [4.69, 9.17) is 4.98 Å². The van der Waals surface area contributed by atoms with E-state index in [1.165, 1.54) is 4.88 Å². The number of hydrogen-bond donors (Lipinski definition) is 1. The molecule has 20 heavy (non-hydrogen) atoms. The van der Waals surface area contributed by atoms with Crippen LogP contribution in [0.1, 0.15) is 30.3 Å². The molecule has 1 aromatic rings. The zero-order chi connectivity index (χ0) is 14.8. The van der Waals surface area contributed by atoms with Gasteiger partial charge < -0.3 is 10.2 Å². The fraction of sp³-hybridized carbons (Fsp3) is 0.769. The molecule has 1 aliphatic heterocycles. The molecular weight excluding hydrogens is 294 g/mol. The summed E-state index contributed by atoms with van der Waals surface area (Å²) in [4.78, 5) is 8.03. The standard InChI is InChI=1S/C13H23N3O2S2/c1-4-5-11-12(8-14-2)19-13(15-11)16(3)10-6-7-20(17,18)9-10/h10,14H,4-9H2,1-3H3. The molecule has 0 amide bonds. The third-order valence-electron chi connectivity index (χ3n) is 3.65. The van der Waals surface area contributed by atoms with Gasteiger partial charge in [-0.25, -0.2) is 13.4 Å². The minimum atomic E-state index is -2.85. The Labute approximate surface area is 125 Å². The van der Waals surface area contributed by atoms with Crippen molar-refractivity contribution in [2.24, 2.45) is 0 Å². The molecule has 2 heterocycles. The quantitative estimate of drug-likeness (QED) is 0.860. The largest absolute Gasteiger partial charge is 0.347 e. The Morgan fingerprint density at radius 2 is 2.25 bits per heavy atom. The highest BCUT2D eigenvalue weighted by Gasteiger charge is 2.32. The number of thiazole rings is 1. The van der Waals surface area contributed by atoms with Crippen molar-refractivity contribution >= 4 is 26.3 Å². The van der Waals surface area contributed by atoms with E-state index in [0.29, 0.717) is 12.2 Å². The van der Waals surface area contributed by atoms with Crippen molar-refractivity contribution in [1.82, 2.24) is 10.3 Å². The summed E-state index contributed by atoms with van der Waals surface area (Å²) < 4.78 is 23.2. The second kappa shape index (κ2) is 6.41. The van der Waals surface area contributed by atoms with Gasteiger partial charge in [-0.3, -0.25) is 0 Å². The highest BCUT2D eigenvalue weighted by atomic mass is 32.2. The zero-order valence-electron chi connectivity index (χ0n) is 12.3. The van der Waals surface area contributed by atoms with Gasteiger partial charge in [0.25, 0.3) is 0 Å². The van der Waals surface area contributed by atoms with Gasteiger partial charge in [0.2, 0.25) is 0 Å². The highest BCUT2D eigenvalue weighted by Crippen LogP contribution is 2.30. The van der Waals surface area contributed by atoms with Crippen molar-refractivity contribution in [1.29, 1.82) is 0 Å². The smallest absolute Gasteiger partial charge is 0.185 e. The minimum Gasteiger partial charge on any atom is -0.347 e. The van der Waals surface area contributed by atoms with Crippen LogP contribution in [0.25, 0.3) is 0 Å². The molecule has 2 rings (SSSR count). The molecule has 1 atom stereocenters. The predicted octanol–water partition coefficient (Wildman–Crippen LogP) is 1.44. The molecule has 1 N–H and O–H groups in total. The van der Waals surface area contributed by atoms with Crippen LogP contribution in [0.2, 0.25) is 0 Å². The average Bonchev–Trinajstić information content (AvgIpc) is 2.94. The maximum Gasteiger partial charge on any atom is 0.185 e. The number of hydrogen-bond acceptors (Lipinski definition) is 6. The van der Waals surface area contributed by atoms with Gasteiger partial charge in [0.05, 0.1) is 17.2 Å². The van der Waals surface area contributed by atoms with E-state index in [2.05, 4.69) is 12.2 Å². The molecule has 0 bridgehead atoms. The van der Waals surface area contributed by atoms with E-state index in [0.717, 1.165) is 30.2 Å². The van der Waals surface area contributed by atoms with Gasteiger partial charge in [0.1, 0.15) is 0 Å². The normalized spacial score (nSPS) is 21.2. The van der Waals surface area contributed by atoms with E-state index >= 15 is 0 Å². The first-order valence-electron chi connectivity index (χ1n) is 7.03. The number of sulfone groups is 1. The van der Waals surface area contributed by atoms with Crippen LogP contribution in [-0.4, -0.2) is 45.0 Å². The highest BCUT2D eigenvalue weighted by molar-refractivity contribution is 7.91. The number of nitrogens with one attached hydrogen (secondary N) is 1. The van der Waals surface area contributed by atoms with Gasteiger partial charge in [-0.2, -0.15) is 0 Å². The lowest BCUT2D eigenvalue weighted by Crippen LogP contribution is -2.32. The first kappa shape index (κ1) is 15.7. The summed E-state index contributed by atoms with van der Waals surface area (Å²) in [6.07, 6.45) is 2.76. The molecule has 114 valence electrons. The van der Waals surface area contributed by atoms with Gasteiger partial charge >= 0.3 is 0 Å². The Hall–Kier alpha value is -0.660. The Balaban J connectivity index is 2.17. The average molecular weight is 317 g/mol. The van der Waals surface area contributed by atoms with Crippen molar-refractivity contribution in [2.45, 2.75) is 38.8 Å². The monoisotopic (exact) mass is 317 g/mol. The molecule has 5 nitrogen and oxygen atoms in total. The zero-order valence-corrected chi connectivity index (χ0v) is 14.0. The van der Waals surface area contributed by atoms with Gasteiger partial charge in [-0.1, -0.05) is 13.3 Å². The lowest BCUT2D eigenvalue weighted by Gasteiger charge is -2.22. The van der Waals surface area contributed by atoms with Crippen molar-refractivity contribution in [2.75, 3.05) is 30.5 Å². The third-order valence-corrected chi connectivity index (χ3v) is 6.59. The van der Waals surface area contributed by atoms with E-state index in [9.17, 15) is 8.42 Å². The summed E-state index contributed by atoms with van der Waals surface area (Å²) in [6.45, 7) is 2.97. The molecule has 1 unspecified atom stereocenters. The first-order chi connectivity index (χ1) is 9.46. The van der Waals surface area contributed by atoms with Crippen molar-refractivity contribution < 1.29 is 8.42 Å². The SMILES string of the molecule is CCCc1nc(N(C)C2CCS(=O)(=O)C2)sc1CNC. The van der Waals surface area contributed by atoms with Crippen molar-refractivity contribution in [3.63, 3.8) is 0 Å². The summed E-state index contributed by atoms with van der Waals surface area (Å²) in [5, 5.41) is 4.12. The number of aromatic nitrogens is 1. The van der Waals surface area contributed by atoms with Crippen LogP contribution in [-0.2, 0) is 22.8 Å². The second-order valence-corrected chi connectivity index (χ2v) is 8.61. The van der Waals surface area contributed by atoms with Crippen LogP contribution in [0.3, 0.4) is 0 Å². The Kier molecular flexibility index (Phi) is 5.04. The number of rotatable bonds is 6. The van der Waals surface area contributed by atoms with Gasteiger partial charge in [-0.05, 0) is 19.9 Å². The Morgan fingerprint density at radius 3 is 2.80 bits per heavy atom. The summed E-state index contributed by atoms with van der Waals surface area (Å²) >= 11 is 1.68. The van der Waals surface area contributed by atoms with Gasteiger partial charge in [0, 0.05) is 24.5 Å². The summed E-state index contributed by atoms with van der Waals surface area (Å²) in [7, 11) is 1.05. The fourth-order valence-corrected chi connectivity index (χ4v) is 5.41. The van der Waals surface area contributed by atoms with Crippen LogP contribution in [0.15, 0.2) is 0 Å². The van der Waals surface area contributed by atoms with Crippen molar-refractivity contribution in [3.8, 4) is 0 Å². The molecule has 0 saturated carbocycles. The topological polar surface area (TPSA) is 62.3 Å². The van der Waals surface area contributed by atoms with Gasteiger partial charge in [0.15, 0.2) is 15.0 Å². The molecular formula is C13H23N3O2S2. The molecule has 1 aliphatic rings. The molecule has 0 spiro atoms. The Bertz CT molecular complexity index is 530. The number of aryl methyl sites for hydroxylation is 1. The van der Waals surface area contributed by atoms with E-state index in [1.54, 1.807) is 11.3 Å². The minimum absolute atomic E-state index is 0.0723. The number of nitrogens with zero attached hydrogens (tertiary/aromatic N) is 2. The van der Waals surface area contributed by atoms with Crippen LogP contribution < -0.4 is 10.2 Å². The second-order valence-electron chi connectivity index (χ2n) is 5.31. The predicted molar refractivity (Wildman–Crippen MR) is 84.3 cm³/mol. The van der Waals surface area contributed by atoms with E-state index < -0.39 is 9.84 Å². The van der Waals surface area contributed by atoms with E-state index in [1.807, 2.05) is 19.0 Å². The lowest BCUT2D eigenvalue weighted by atomic mass is 10.2. The summed E-state index contributed by atoms with van der Waals surface area (Å²) in [6, 6.07) is 0.0723. The number of anilines is 1. The lowest BCUT2D eigenvalue weighted by molar-refractivity contribution is 0.601. The molecule has 1 aromatic heterocycles. The fourth-order valence-electron chi connectivity index (χ4n) is 2.49. The van der Waals surface area contributed by atoms with Crippen LogP contribution >= 0.6 is 11.3 Å². The Morgan fingerprint density at radius 1 is 1.50 bits per heavy atom. The molecule has 0 radical (unpaired) electrons. The summed E-state index contributed by atoms with van der Waals surface area (Å²) in [5.41, 5.74) is 1.15. The van der Waals surface area contributed by atoms with Gasteiger partial charge in [-0.15, -0.1) is 11.3 Å². The third kappa shape index (κ3) is 3.51. The van der Waals surface area contributed by atoms with Crippen LogP contribution in [0.5, 0.6) is 0 Å². The molecule has 1 fully saturated rings. The molecule has 0 aromatic carbocycles.